The van der Waals surface area contributed by atoms with Gasteiger partial charge < -0.3 is 0 Å². The van der Waals surface area contributed by atoms with Crippen LogP contribution >= 0.6 is 0 Å². The molecule has 1 radical (unpaired) electrons. The van der Waals surface area contributed by atoms with Gasteiger partial charge in [-0.25, -0.2) is 4.79 Å². The van der Waals surface area contributed by atoms with E-state index in [0.717, 1.165) is 12.8 Å². The van der Waals surface area contributed by atoms with Crippen molar-refractivity contribution < 1.29 is 14.4 Å². The summed E-state index contributed by atoms with van der Waals surface area (Å²) in [6, 6.07) is -0.729. The van der Waals surface area contributed by atoms with Crippen molar-refractivity contribution in [3.05, 3.63) is 12.2 Å². The zero-order valence-corrected chi connectivity index (χ0v) is 13.2. The van der Waals surface area contributed by atoms with Gasteiger partial charge in [-0.05, 0) is 19.8 Å². The third-order valence-corrected chi connectivity index (χ3v) is 2.98. The van der Waals surface area contributed by atoms with Crippen LogP contribution in [0.1, 0.15) is 39.5 Å². The Morgan fingerprint density at radius 2 is 1.72 bits per heavy atom. The zero-order chi connectivity index (χ0) is 12.9. The summed E-state index contributed by atoms with van der Waals surface area (Å²) in [7, 11) is 0. The number of carbonyl (C=O) groups excluding carboxylic acids is 3. The van der Waals surface area contributed by atoms with Gasteiger partial charge in [0.2, 0.25) is 11.8 Å². The van der Waals surface area contributed by atoms with E-state index in [2.05, 4.69) is 10.6 Å². The maximum atomic E-state index is 11.9. The standard InChI is InChI=1S/C12H18N2O3.Na/c1-3-5-7-12(8-6-4-2)9(15)13-11(17)14-10(12)16;/h3,5H,4,6-8H2,1-2H3,(H2,13,14,15,16,17);. The fourth-order valence-electron chi connectivity index (χ4n) is 1.89. The monoisotopic (exact) mass is 261 g/mol. The first-order chi connectivity index (χ1) is 8.06. The second-order valence-electron chi connectivity index (χ2n) is 4.20. The van der Waals surface area contributed by atoms with Gasteiger partial charge in [-0.3, -0.25) is 20.2 Å². The Morgan fingerprint density at radius 1 is 1.17 bits per heavy atom. The van der Waals surface area contributed by atoms with E-state index in [1.807, 2.05) is 13.8 Å². The number of hydrogen-bond donors (Lipinski definition) is 2. The molecular formula is C12H18N2NaO3. The van der Waals surface area contributed by atoms with E-state index in [1.165, 1.54) is 0 Å². The van der Waals surface area contributed by atoms with Crippen LogP contribution < -0.4 is 10.6 Å². The molecule has 0 atom stereocenters. The van der Waals surface area contributed by atoms with E-state index in [0.29, 0.717) is 12.8 Å². The number of imide groups is 2. The first-order valence-electron chi connectivity index (χ1n) is 5.85. The molecule has 0 unspecified atom stereocenters. The second kappa shape index (κ2) is 7.71. The minimum Gasteiger partial charge on any atom is -0.277 e. The Kier molecular flexibility index (Phi) is 7.43. The second-order valence-corrected chi connectivity index (χ2v) is 4.20. The van der Waals surface area contributed by atoms with Crippen LogP contribution in [0.15, 0.2) is 12.2 Å². The number of carbonyl (C=O) groups is 3. The number of unbranched alkanes of at least 4 members (excludes halogenated alkanes) is 1. The molecule has 0 saturated carbocycles. The number of hydrogen-bond acceptors (Lipinski definition) is 3. The Balaban J connectivity index is 0.00000289. The Labute approximate surface area is 129 Å². The van der Waals surface area contributed by atoms with Crippen molar-refractivity contribution in [2.24, 2.45) is 5.41 Å². The van der Waals surface area contributed by atoms with Crippen LogP contribution in [0.5, 0.6) is 0 Å². The molecule has 0 aromatic carbocycles. The predicted octanol–water partition coefficient (Wildman–Crippen LogP) is 1.11. The first kappa shape index (κ1) is 17.4. The molecule has 5 nitrogen and oxygen atoms in total. The fourth-order valence-corrected chi connectivity index (χ4v) is 1.89. The topological polar surface area (TPSA) is 75.3 Å². The molecule has 1 rings (SSSR count). The largest absolute Gasteiger partial charge is 0.328 e. The van der Waals surface area contributed by atoms with Crippen molar-refractivity contribution in [3.8, 4) is 0 Å². The summed E-state index contributed by atoms with van der Waals surface area (Å²) < 4.78 is 0. The van der Waals surface area contributed by atoms with Gasteiger partial charge in [-0.15, -0.1) is 0 Å². The maximum Gasteiger partial charge on any atom is 0.328 e. The minimum atomic E-state index is -1.13. The summed E-state index contributed by atoms with van der Waals surface area (Å²) in [5.74, 6) is -0.976. The van der Waals surface area contributed by atoms with E-state index in [-0.39, 0.29) is 29.6 Å². The molecule has 0 bridgehead atoms. The number of nitrogens with one attached hydrogen (secondary N) is 2. The summed E-state index contributed by atoms with van der Waals surface area (Å²) in [6.07, 6.45) is 6.03. The van der Waals surface area contributed by atoms with Crippen LogP contribution in [0.2, 0.25) is 0 Å². The van der Waals surface area contributed by atoms with Crippen LogP contribution in [0.25, 0.3) is 0 Å². The van der Waals surface area contributed by atoms with Gasteiger partial charge in [0, 0.05) is 29.6 Å². The maximum absolute atomic E-state index is 11.9. The molecule has 1 aliphatic rings. The van der Waals surface area contributed by atoms with Gasteiger partial charge in [0.05, 0.1) is 0 Å². The van der Waals surface area contributed by atoms with Gasteiger partial charge in [0.1, 0.15) is 5.41 Å². The van der Waals surface area contributed by atoms with Crippen molar-refractivity contribution in [1.29, 1.82) is 0 Å². The van der Waals surface area contributed by atoms with Crippen LogP contribution in [0.3, 0.4) is 0 Å². The molecule has 0 aromatic rings. The molecule has 0 aliphatic carbocycles. The Hall–Kier alpha value is -0.650. The first-order valence-corrected chi connectivity index (χ1v) is 5.85. The summed E-state index contributed by atoms with van der Waals surface area (Å²) >= 11 is 0. The van der Waals surface area contributed by atoms with E-state index >= 15 is 0 Å². The molecule has 4 amide bonds. The quantitative estimate of drug-likeness (QED) is 0.442. The summed E-state index contributed by atoms with van der Waals surface area (Å²) in [6.45, 7) is 3.82. The van der Waals surface area contributed by atoms with Gasteiger partial charge in [0.15, 0.2) is 0 Å². The van der Waals surface area contributed by atoms with Gasteiger partial charge in [0.25, 0.3) is 0 Å². The van der Waals surface area contributed by atoms with E-state index in [4.69, 9.17) is 0 Å². The van der Waals surface area contributed by atoms with E-state index in [1.54, 1.807) is 12.2 Å². The molecule has 18 heavy (non-hydrogen) atoms. The zero-order valence-electron chi connectivity index (χ0n) is 11.2. The van der Waals surface area contributed by atoms with E-state index < -0.39 is 23.3 Å². The molecule has 95 valence electrons. The van der Waals surface area contributed by atoms with Gasteiger partial charge in [-0.2, -0.15) is 0 Å². The molecule has 0 aromatic heterocycles. The van der Waals surface area contributed by atoms with Crippen LogP contribution in [0, 0.1) is 5.41 Å². The number of urea groups is 1. The third-order valence-electron chi connectivity index (χ3n) is 2.98. The predicted molar refractivity (Wildman–Crippen MR) is 68.8 cm³/mol. The van der Waals surface area contributed by atoms with Crippen molar-refractivity contribution in [3.63, 3.8) is 0 Å². The number of rotatable bonds is 5. The average molecular weight is 261 g/mol. The molecule has 6 heteroatoms. The summed E-state index contributed by atoms with van der Waals surface area (Å²) in [5, 5.41) is 4.35. The Bertz CT molecular complexity index is 346. The van der Waals surface area contributed by atoms with Gasteiger partial charge >= 0.3 is 6.03 Å². The third kappa shape index (κ3) is 3.67. The molecular weight excluding hydrogens is 243 g/mol. The molecule has 0 spiro atoms. The number of barbiturate groups is 1. The molecule has 1 saturated heterocycles. The summed E-state index contributed by atoms with van der Waals surface area (Å²) in [5.41, 5.74) is -1.13. The van der Waals surface area contributed by atoms with Crippen LogP contribution in [-0.2, 0) is 9.59 Å². The van der Waals surface area contributed by atoms with Crippen molar-refractivity contribution in [2.45, 2.75) is 39.5 Å². The summed E-state index contributed by atoms with van der Waals surface area (Å²) in [4.78, 5) is 34.9. The van der Waals surface area contributed by atoms with Crippen molar-refractivity contribution in [2.75, 3.05) is 0 Å². The normalized spacial score (nSPS) is 18.2. The fraction of sp³-hybridized carbons (Fsp3) is 0.583. The smallest absolute Gasteiger partial charge is 0.277 e. The van der Waals surface area contributed by atoms with Gasteiger partial charge in [-0.1, -0.05) is 31.9 Å². The minimum absolute atomic E-state index is 0. The number of allylic oxidation sites excluding steroid dienone is 2. The average Bonchev–Trinajstić information content (AvgIpc) is 2.27. The van der Waals surface area contributed by atoms with Crippen LogP contribution in [0.4, 0.5) is 4.79 Å². The molecule has 1 aliphatic heterocycles. The van der Waals surface area contributed by atoms with Crippen molar-refractivity contribution in [1.82, 2.24) is 10.6 Å². The van der Waals surface area contributed by atoms with E-state index in [9.17, 15) is 14.4 Å². The molecule has 1 fully saturated rings. The van der Waals surface area contributed by atoms with Crippen molar-refractivity contribution >= 4 is 47.4 Å². The SMILES string of the molecule is CC=CCC1(CCCC)C(=O)NC(=O)NC1=O.[Na]. The van der Waals surface area contributed by atoms with Crippen LogP contribution in [-0.4, -0.2) is 47.4 Å². The Morgan fingerprint density at radius 3 is 2.17 bits per heavy atom. The molecule has 1 heterocycles. The number of amides is 4. The molecule has 2 N–H and O–H groups in total.